The minimum absolute atomic E-state index is 0.173. The minimum atomic E-state index is -0.636. The van der Waals surface area contributed by atoms with Gasteiger partial charge in [-0.25, -0.2) is 8.78 Å². The summed E-state index contributed by atoms with van der Waals surface area (Å²) in [4.78, 5) is 18.3. The molecule has 1 aromatic heterocycles. The van der Waals surface area contributed by atoms with Crippen molar-refractivity contribution in [3.8, 4) is 0 Å². The first-order valence-electron chi connectivity index (χ1n) is 9.38. The predicted octanol–water partition coefficient (Wildman–Crippen LogP) is 3.65. The summed E-state index contributed by atoms with van der Waals surface area (Å²) >= 11 is 0. The van der Waals surface area contributed by atoms with Crippen molar-refractivity contribution in [2.45, 2.75) is 32.1 Å². The molecule has 2 heterocycles. The first-order valence-corrected chi connectivity index (χ1v) is 9.38. The van der Waals surface area contributed by atoms with E-state index < -0.39 is 11.6 Å². The quantitative estimate of drug-likeness (QED) is 0.906. The molecule has 1 unspecified atom stereocenters. The van der Waals surface area contributed by atoms with E-state index in [9.17, 15) is 13.6 Å². The SMILES string of the molecule is O=C(NCC1CCCN(c2ccnc3c(F)cc(F)cc23)C1)C1CCC1. The Morgan fingerprint density at radius 2 is 2.08 bits per heavy atom. The molecule has 4 rings (SSSR count). The van der Waals surface area contributed by atoms with Crippen LogP contribution in [-0.4, -0.2) is 30.5 Å². The largest absolute Gasteiger partial charge is 0.371 e. The molecule has 1 aliphatic carbocycles. The van der Waals surface area contributed by atoms with E-state index in [0.717, 1.165) is 56.9 Å². The molecule has 0 bridgehead atoms. The Kier molecular flexibility index (Phi) is 4.74. The van der Waals surface area contributed by atoms with Crippen LogP contribution >= 0.6 is 0 Å². The topological polar surface area (TPSA) is 45.2 Å². The van der Waals surface area contributed by atoms with Crippen LogP contribution in [0.1, 0.15) is 32.1 Å². The number of pyridine rings is 1. The molecule has 26 heavy (non-hydrogen) atoms. The van der Waals surface area contributed by atoms with Crippen molar-refractivity contribution in [2.75, 3.05) is 24.5 Å². The van der Waals surface area contributed by atoms with Crippen LogP contribution in [0.2, 0.25) is 0 Å². The van der Waals surface area contributed by atoms with Crippen molar-refractivity contribution in [3.63, 3.8) is 0 Å². The Balaban J connectivity index is 1.49. The number of hydrogen-bond donors (Lipinski definition) is 1. The van der Waals surface area contributed by atoms with Crippen molar-refractivity contribution < 1.29 is 13.6 Å². The summed E-state index contributed by atoms with van der Waals surface area (Å²) in [6.07, 6.45) is 6.77. The molecule has 2 aliphatic rings. The number of fused-ring (bicyclic) bond motifs is 1. The third-order valence-electron chi connectivity index (χ3n) is 5.64. The summed E-state index contributed by atoms with van der Waals surface area (Å²) in [6.45, 7) is 2.27. The van der Waals surface area contributed by atoms with E-state index in [2.05, 4.69) is 15.2 Å². The van der Waals surface area contributed by atoms with E-state index in [-0.39, 0.29) is 17.3 Å². The second kappa shape index (κ2) is 7.17. The zero-order valence-electron chi connectivity index (χ0n) is 14.7. The number of hydrogen-bond acceptors (Lipinski definition) is 3. The van der Waals surface area contributed by atoms with Gasteiger partial charge in [0.15, 0.2) is 5.82 Å². The maximum Gasteiger partial charge on any atom is 0.223 e. The second-order valence-electron chi connectivity index (χ2n) is 7.44. The number of halogens is 2. The molecule has 1 aliphatic heterocycles. The summed E-state index contributed by atoms with van der Waals surface area (Å²) in [6, 6.07) is 4.04. The van der Waals surface area contributed by atoms with Gasteiger partial charge in [0.25, 0.3) is 0 Å². The van der Waals surface area contributed by atoms with Gasteiger partial charge in [-0.15, -0.1) is 0 Å². The fourth-order valence-corrected chi connectivity index (χ4v) is 3.95. The summed E-state index contributed by atoms with van der Waals surface area (Å²) in [7, 11) is 0. The molecule has 1 saturated carbocycles. The van der Waals surface area contributed by atoms with Gasteiger partial charge in [0.2, 0.25) is 5.91 Å². The maximum atomic E-state index is 14.0. The van der Waals surface area contributed by atoms with Crippen molar-refractivity contribution >= 4 is 22.5 Å². The Labute approximate surface area is 151 Å². The molecule has 0 spiro atoms. The molecule has 1 N–H and O–H groups in total. The average Bonchev–Trinajstić information content (AvgIpc) is 2.58. The van der Waals surface area contributed by atoms with Crippen molar-refractivity contribution in [3.05, 3.63) is 36.0 Å². The second-order valence-corrected chi connectivity index (χ2v) is 7.44. The molecule has 0 radical (unpaired) electrons. The zero-order valence-corrected chi connectivity index (χ0v) is 14.7. The van der Waals surface area contributed by atoms with Gasteiger partial charge in [0.05, 0.1) is 0 Å². The molecule has 138 valence electrons. The number of piperidine rings is 1. The van der Waals surface area contributed by atoms with E-state index in [1.165, 1.54) is 6.07 Å². The van der Waals surface area contributed by atoms with Crippen LogP contribution in [0.5, 0.6) is 0 Å². The van der Waals surface area contributed by atoms with Gasteiger partial charge in [-0.2, -0.15) is 0 Å². The fourth-order valence-electron chi connectivity index (χ4n) is 3.95. The highest BCUT2D eigenvalue weighted by Crippen LogP contribution is 2.31. The number of nitrogens with one attached hydrogen (secondary N) is 1. The molecule has 1 amide bonds. The van der Waals surface area contributed by atoms with E-state index in [1.54, 1.807) is 6.20 Å². The molecule has 1 saturated heterocycles. The van der Waals surface area contributed by atoms with Crippen LogP contribution in [0.15, 0.2) is 24.4 Å². The number of nitrogens with zero attached hydrogens (tertiary/aromatic N) is 2. The van der Waals surface area contributed by atoms with Crippen molar-refractivity contribution in [1.29, 1.82) is 0 Å². The van der Waals surface area contributed by atoms with Crippen LogP contribution in [0.25, 0.3) is 10.9 Å². The summed E-state index contributed by atoms with van der Waals surface area (Å²) < 4.78 is 27.7. The van der Waals surface area contributed by atoms with Gasteiger partial charge in [-0.05, 0) is 43.7 Å². The Hall–Kier alpha value is -2.24. The highest BCUT2D eigenvalue weighted by Gasteiger charge is 2.27. The first-order chi connectivity index (χ1) is 12.6. The molecule has 1 aromatic carbocycles. The molecule has 2 fully saturated rings. The minimum Gasteiger partial charge on any atom is -0.371 e. The highest BCUT2D eigenvalue weighted by atomic mass is 19.1. The first kappa shape index (κ1) is 17.2. The lowest BCUT2D eigenvalue weighted by Gasteiger charge is -2.35. The normalized spacial score (nSPS) is 20.8. The lowest BCUT2D eigenvalue weighted by Crippen LogP contribution is -2.43. The lowest BCUT2D eigenvalue weighted by molar-refractivity contribution is -0.127. The predicted molar refractivity (Wildman–Crippen MR) is 96.9 cm³/mol. The number of anilines is 1. The third-order valence-corrected chi connectivity index (χ3v) is 5.64. The van der Waals surface area contributed by atoms with Crippen LogP contribution in [-0.2, 0) is 4.79 Å². The smallest absolute Gasteiger partial charge is 0.223 e. The fraction of sp³-hybridized carbons (Fsp3) is 0.500. The lowest BCUT2D eigenvalue weighted by atomic mass is 9.84. The van der Waals surface area contributed by atoms with Crippen molar-refractivity contribution in [2.24, 2.45) is 11.8 Å². The van der Waals surface area contributed by atoms with Crippen LogP contribution in [0.3, 0.4) is 0 Å². The molecule has 1 atom stereocenters. The van der Waals surface area contributed by atoms with Crippen LogP contribution < -0.4 is 10.2 Å². The Morgan fingerprint density at radius 1 is 1.23 bits per heavy atom. The number of rotatable bonds is 4. The number of carbonyl (C=O) groups is 1. The van der Waals surface area contributed by atoms with E-state index in [0.29, 0.717) is 17.8 Å². The number of amides is 1. The summed E-state index contributed by atoms with van der Waals surface area (Å²) in [5.74, 6) is -0.514. The number of benzene rings is 1. The van der Waals surface area contributed by atoms with Crippen LogP contribution in [0, 0.1) is 23.5 Å². The molecule has 2 aromatic rings. The maximum absolute atomic E-state index is 14.0. The molecule has 6 heteroatoms. The van der Waals surface area contributed by atoms with Gasteiger partial charge >= 0.3 is 0 Å². The monoisotopic (exact) mass is 359 g/mol. The molecular weight excluding hydrogens is 336 g/mol. The molecule has 4 nitrogen and oxygen atoms in total. The summed E-state index contributed by atoms with van der Waals surface area (Å²) in [5.41, 5.74) is 1.01. The Morgan fingerprint density at radius 3 is 2.85 bits per heavy atom. The standard InChI is InChI=1S/C20H23F2N3O/c21-15-9-16-18(6-7-23-19(16)17(22)10-15)25-8-2-3-13(12-25)11-24-20(26)14-4-1-5-14/h6-7,9-10,13-14H,1-5,8,11-12H2,(H,24,26). The highest BCUT2D eigenvalue weighted by molar-refractivity contribution is 5.92. The number of carbonyl (C=O) groups excluding carboxylic acids is 1. The van der Waals surface area contributed by atoms with Gasteiger partial charge in [-0.3, -0.25) is 9.78 Å². The number of aromatic nitrogens is 1. The zero-order chi connectivity index (χ0) is 18.1. The van der Waals surface area contributed by atoms with E-state index in [1.807, 2.05) is 6.07 Å². The van der Waals surface area contributed by atoms with Gasteiger partial charge in [0, 0.05) is 48.9 Å². The average molecular weight is 359 g/mol. The Bertz CT molecular complexity index is 822. The van der Waals surface area contributed by atoms with Gasteiger partial charge in [0.1, 0.15) is 11.3 Å². The molecular formula is C20H23F2N3O. The van der Waals surface area contributed by atoms with Crippen molar-refractivity contribution in [1.82, 2.24) is 10.3 Å². The van der Waals surface area contributed by atoms with Gasteiger partial charge in [-0.1, -0.05) is 6.42 Å². The summed E-state index contributed by atoms with van der Waals surface area (Å²) in [5, 5.41) is 3.59. The van der Waals surface area contributed by atoms with Crippen LogP contribution in [0.4, 0.5) is 14.5 Å². The van der Waals surface area contributed by atoms with E-state index in [4.69, 9.17) is 0 Å². The third kappa shape index (κ3) is 3.37. The van der Waals surface area contributed by atoms with E-state index >= 15 is 0 Å². The van der Waals surface area contributed by atoms with Gasteiger partial charge < -0.3 is 10.2 Å².